The van der Waals surface area contributed by atoms with E-state index in [0.29, 0.717) is 38.8 Å². The van der Waals surface area contributed by atoms with Crippen LogP contribution in [0.5, 0.6) is 0 Å². The number of aromatic nitrogens is 1. The standard InChI is InChI=1S/C25H39N9O5/c26-10-4-3-9-19(24(38)39)34-23(37)20(12-15-13-31-18-8-2-1-6-16(15)18)33-21(35)14-32-22(36)17(27)7-5-11-30-25(28)29/h1-2,6,8,13,17,19-20,31H,3-5,7,9-12,14,26-27H2,(H,32,36)(H,33,35)(H,34,37)(H,38,39)(H4,28,29,30). The fraction of sp³-hybridized carbons (Fsp3) is 0.480. The molecule has 0 aliphatic rings. The third-order valence-corrected chi connectivity index (χ3v) is 6.04. The largest absolute Gasteiger partial charge is 0.480 e. The molecular weight excluding hydrogens is 506 g/mol. The van der Waals surface area contributed by atoms with Crippen molar-refractivity contribution in [1.82, 2.24) is 20.9 Å². The third kappa shape index (κ3) is 10.6. The minimum Gasteiger partial charge on any atom is -0.480 e. The zero-order valence-corrected chi connectivity index (χ0v) is 21.8. The van der Waals surface area contributed by atoms with Crippen LogP contribution < -0.4 is 38.9 Å². The number of guanidine groups is 1. The number of H-pyrrole nitrogens is 1. The number of nitrogens with one attached hydrogen (secondary N) is 4. The molecule has 0 radical (unpaired) electrons. The van der Waals surface area contributed by atoms with Crippen LogP contribution in [-0.2, 0) is 25.6 Å². The highest BCUT2D eigenvalue weighted by Gasteiger charge is 2.27. The van der Waals surface area contributed by atoms with E-state index in [9.17, 15) is 24.3 Å². The number of carbonyl (C=O) groups excluding carboxylic acids is 3. The summed E-state index contributed by atoms with van der Waals surface area (Å²) in [7, 11) is 0. The quantitative estimate of drug-likeness (QED) is 0.0628. The Morgan fingerprint density at radius 1 is 0.974 bits per heavy atom. The molecule has 0 saturated carbocycles. The number of benzene rings is 1. The van der Waals surface area contributed by atoms with E-state index in [1.165, 1.54) is 0 Å². The van der Waals surface area contributed by atoms with Crippen molar-refractivity contribution >= 4 is 40.6 Å². The van der Waals surface area contributed by atoms with E-state index in [1.54, 1.807) is 6.20 Å². The van der Waals surface area contributed by atoms with E-state index in [0.717, 1.165) is 16.5 Å². The van der Waals surface area contributed by atoms with Gasteiger partial charge in [0.25, 0.3) is 0 Å². The Kier molecular flexibility index (Phi) is 12.7. The van der Waals surface area contributed by atoms with E-state index in [2.05, 4.69) is 25.9 Å². The van der Waals surface area contributed by atoms with Gasteiger partial charge in [-0.3, -0.25) is 19.4 Å². The molecule has 0 spiro atoms. The lowest BCUT2D eigenvalue weighted by Gasteiger charge is -2.22. The molecule has 0 saturated heterocycles. The van der Waals surface area contributed by atoms with Gasteiger partial charge < -0.3 is 49.0 Å². The van der Waals surface area contributed by atoms with Crippen molar-refractivity contribution in [3.8, 4) is 0 Å². The molecule has 2 rings (SSSR count). The topological polar surface area (TPSA) is 257 Å². The predicted molar refractivity (Wildman–Crippen MR) is 147 cm³/mol. The fourth-order valence-electron chi connectivity index (χ4n) is 3.95. The zero-order valence-electron chi connectivity index (χ0n) is 21.8. The molecule has 3 amide bonds. The van der Waals surface area contributed by atoms with Crippen LogP contribution in [0.4, 0.5) is 0 Å². The second-order valence-electron chi connectivity index (χ2n) is 9.14. The number of aliphatic carboxylic acids is 1. The van der Waals surface area contributed by atoms with Gasteiger partial charge in [0.05, 0.1) is 12.6 Å². The van der Waals surface area contributed by atoms with E-state index < -0.39 is 48.4 Å². The summed E-state index contributed by atoms with van der Waals surface area (Å²) in [5, 5.41) is 18.0. The van der Waals surface area contributed by atoms with Gasteiger partial charge in [0.2, 0.25) is 17.7 Å². The summed E-state index contributed by atoms with van der Waals surface area (Å²) in [4.78, 5) is 56.8. The second-order valence-corrected chi connectivity index (χ2v) is 9.14. The number of para-hydroxylation sites is 1. The van der Waals surface area contributed by atoms with Gasteiger partial charge in [-0.25, -0.2) is 4.79 Å². The molecule has 13 N–H and O–H groups in total. The van der Waals surface area contributed by atoms with Crippen LogP contribution in [0.2, 0.25) is 0 Å². The first-order valence-corrected chi connectivity index (χ1v) is 12.8. The molecule has 3 unspecified atom stereocenters. The van der Waals surface area contributed by atoms with Crippen LogP contribution in [0.3, 0.4) is 0 Å². The summed E-state index contributed by atoms with van der Waals surface area (Å²) in [6.07, 6.45) is 3.93. The van der Waals surface area contributed by atoms with E-state index in [4.69, 9.17) is 22.9 Å². The Balaban J connectivity index is 2.05. The number of hydrogen-bond donors (Lipinski definition) is 9. The van der Waals surface area contributed by atoms with Crippen molar-refractivity contribution in [2.75, 3.05) is 19.6 Å². The summed E-state index contributed by atoms with van der Waals surface area (Å²) < 4.78 is 0. The summed E-state index contributed by atoms with van der Waals surface area (Å²) in [6.45, 7) is 0.306. The molecule has 3 atom stereocenters. The minimum absolute atomic E-state index is 0.0545. The number of nitrogens with two attached hydrogens (primary N) is 4. The highest BCUT2D eigenvalue weighted by Crippen LogP contribution is 2.19. The van der Waals surface area contributed by atoms with Gasteiger partial charge in [-0.1, -0.05) is 18.2 Å². The number of carboxylic acids is 1. The highest BCUT2D eigenvalue weighted by atomic mass is 16.4. The van der Waals surface area contributed by atoms with Crippen molar-refractivity contribution in [1.29, 1.82) is 0 Å². The Morgan fingerprint density at radius 2 is 1.72 bits per heavy atom. The van der Waals surface area contributed by atoms with Gasteiger partial charge in [-0.2, -0.15) is 0 Å². The number of aliphatic imine (C=N–C) groups is 1. The minimum atomic E-state index is -1.18. The van der Waals surface area contributed by atoms with Crippen LogP contribution >= 0.6 is 0 Å². The van der Waals surface area contributed by atoms with Crippen LogP contribution in [0.25, 0.3) is 10.9 Å². The van der Waals surface area contributed by atoms with Crippen molar-refractivity contribution in [3.05, 3.63) is 36.0 Å². The van der Waals surface area contributed by atoms with Gasteiger partial charge in [-0.05, 0) is 50.3 Å². The first-order chi connectivity index (χ1) is 18.6. The number of aromatic amines is 1. The van der Waals surface area contributed by atoms with Gasteiger partial charge >= 0.3 is 5.97 Å². The lowest BCUT2D eigenvalue weighted by atomic mass is 10.0. The first-order valence-electron chi connectivity index (χ1n) is 12.8. The smallest absolute Gasteiger partial charge is 0.326 e. The van der Waals surface area contributed by atoms with Gasteiger partial charge in [0, 0.05) is 30.1 Å². The average molecular weight is 546 g/mol. The molecule has 14 nitrogen and oxygen atoms in total. The number of amides is 3. The Morgan fingerprint density at radius 3 is 2.41 bits per heavy atom. The summed E-state index contributed by atoms with van der Waals surface area (Å²) in [6, 6.07) is 4.35. The predicted octanol–water partition coefficient (Wildman–Crippen LogP) is -1.61. The Labute approximate surface area is 226 Å². The Hall–Kier alpha value is -4.17. The number of unbranched alkanes of at least 4 members (excludes halogenated alkanes) is 1. The molecule has 1 aromatic heterocycles. The van der Waals surface area contributed by atoms with E-state index in [-0.39, 0.29) is 18.8 Å². The number of hydrogen-bond acceptors (Lipinski definition) is 7. The number of rotatable bonds is 17. The molecular formula is C25H39N9O5. The molecule has 0 aliphatic carbocycles. The van der Waals surface area contributed by atoms with Crippen LogP contribution in [-0.4, -0.2) is 77.5 Å². The summed E-state index contributed by atoms with van der Waals surface area (Å²) in [5.41, 5.74) is 23.5. The normalized spacial score (nSPS) is 13.2. The summed E-state index contributed by atoms with van der Waals surface area (Å²) >= 11 is 0. The number of carbonyl (C=O) groups is 4. The molecule has 1 aromatic carbocycles. The van der Waals surface area contributed by atoms with Crippen LogP contribution in [0, 0.1) is 0 Å². The molecule has 14 heteroatoms. The van der Waals surface area contributed by atoms with E-state index in [1.807, 2.05) is 24.3 Å². The van der Waals surface area contributed by atoms with Gasteiger partial charge in [-0.15, -0.1) is 0 Å². The third-order valence-electron chi connectivity index (χ3n) is 6.04. The molecule has 0 bridgehead atoms. The van der Waals surface area contributed by atoms with Gasteiger partial charge in [0.1, 0.15) is 12.1 Å². The maximum atomic E-state index is 13.2. The van der Waals surface area contributed by atoms with Crippen molar-refractivity contribution in [2.24, 2.45) is 27.9 Å². The molecule has 39 heavy (non-hydrogen) atoms. The van der Waals surface area contributed by atoms with Crippen LogP contribution in [0.1, 0.15) is 37.7 Å². The van der Waals surface area contributed by atoms with Crippen LogP contribution in [0.15, 0.2) is 35.5 Å². The summed E-state index contributed by atoms with van der Waals surface area (Å²) in [5.74, 6) is -3.07. The average Bonchev–Trinajstić information content (AvgIpc) is 3.31. The molecule has 0 aliphatic heterocycles. The fourth-order valence-corrected chi connectivity index (χ4v) is 3.95. The lowest BCUT2D eigenvalue weighted by Crippen LogP contribution is -2.54. The second kappa shape index (κ2) is 15.9. The molecule has 214 valence electrons. The maximum Gasteiger partial charge on any atom is 0.326 e. The lowest BCUT2D eigenvalue weighted by molar-refractivity contribution is -0.142. The molecule has 1 heterocycles. The van der Waals surface area contributed by atoms with Crippen molar-refractivity contribution in [2.45, 2.75) is 56.7 Å². The SMILES string of the molecule is NCCCCC(NC(=O)C(Cc1c[nH]c2ccccc12)NC(=O)CNC(=O)C(N)CCCN=C(N)N)C(=O)O. The Bertz CT molecular complexity index is 1150. The maximum absolute atomic E-state index is 13.2. The van der Waals surface area contributed by atoms with E-state index >= 15 is 0 Å². The first kappa shape index (κ1) is 31.1. The zero-order chi connectivity index (χ0) is 28.8. The molecule has 0 fully saturated rings. The number of nitrogens with zero attached hydrogens (tertiary/aromatic N) is 1. The van der Waals surface area contributed by atoms with Crippen molar-refractivity contribution < 1.29 is 24.3 Å². The number of fused-ring (bicyclic) bond motifs is 1. The monoisotopic (exact) mass is 545 g/mol. The number of carboxylic acid groups (broad SMARTS) is 1. The van der Waals surface area contributed by atoms with Gasteiger partial charge in [0.15, 0.2) is 5.96 Å². The van der Waals surface area contributed by atoms with Crippen molar-refractivity contribution in [3.63, 3.8) is 0 Å². The highest BCUT2D eigenvalue weighted by molar-refractivity contribution is 5.93. The molecule has 2 aromatic rings.